The first-order chi connectivity index (χ1) is 6.99. The Morgan fingerprint density at radius 3 is 2.93 bits per heavy atom. The summed E-state index contributed by atoms with van der Waals surface area (Å²) >= 11 is 4.61. The summed E-state index contributed by atoms with van der Waals surface area (Å²) in [4.78, 5) is 11.3. The van der Waals surface area contributed by atoms with Gasteiger partial charge in [-0.25, -0.2) is 0 Å². The maximum atomic E-state index is 11.3. The number of ether oxygens (including phenoxy) is 1. The van der Waals surface area contributed by atoms with E-state index in [0.717, 1.165) is 12.1 Å². The van der Waals surface area contributed by atoms with Gasteiger partial charge in [0.05, 0.1) is 12.0 Å². The van der Waals surface area contributed by atoms with Crippen LogP contribution >= 0.6 is 12.2 Å². The fourth-order valence-corrected chi connectivity index (χ4v) is 1.60. The molecule has 0 amide bonds. The van der Waals surface area contributed by atoms with Gasteiger partial charge in [0.15, 0.2) is 5.11 Å². The zero-order valence-electron chi connectivity index (χ0n) is 8.82. The van der Waals surface area contributed by atoms with Crippen molar-refractivity contribution in [1.82, 2.24) is 5.43 Å². The van der Waals surface area contributed by atoms with Gasteiger partial charge < -0.3 is 10.5 Å². The average molecular weight is 229 g/mol. The van der Waals surface area contributed by atoms with Crippen LogP contribution < -0.4 is 11.2 Å². The first-order valence-electron chi connectivity index (χ1n) is 4.78. The number of cyclic esters (lactones) is 1. The lowest BCUT2D eigenvalue weighted by Gasteiger charge is -2.04. The Morgan fingerprint density at radius 2 is 2.47 bits per heavy atom. The van der Waals surface area contributed by atoms with E-state index in [1.165, 1.54) is 0 Å². The third-order valence-electron chi connectivity index (χ3n) is 2.17. The van der Waals surface area contributed by atoms with Crippen molar-refractivity contribution in [3.05, 3.63) is 0 Å². The topological polar surface area (TPSA) is 76.7 Å². The fraction of sp³-hybridized carbons (Fsp3) is 0.667. The predicted octanol–water partition coefficient (Wildman–Crippen LogP) is 0.537. The van der Waals surface area contributed by atoms with Crippen LogP contribution in [0.25, 0.3) is 0 Å². The Labute approximate surface area is 94.0 Å². The summed E-state index contributed by atoms with van der Waals surface area (Å²) in [7, 11) is 0. The Bertz CT molecular complexity index is 304. The number of hydrazone groups is 1. The molecule has 1 saturated heterocycles. The number of thiocarbonyl (C=S) groups is 1. The largest absolute Gasteiger partial charge is 0.462 e. The molecule has 0 radical (unpaired) electrons. The highest BCUT2D eigenvalue weighted by atomic mass is 32.1. The number of esters is 1. The molecule has 2 atom stereocenters. The van der Waals surface area contributed by atoms with Gasteiger partial charge in [-0.2, -0.15) is 5.10 Å². The van der Waals surface area contributed by atoms with E-state index in [-0.39, 0.29) is 23.1 Å². The minimum Gasteiger partial charge on any atom is -0.462 e. The number of carbonyl (C=O) groups is 1. The van der Waals surface area contributed by atoms with E-state index in [0.29, 0.717) is 6.42 Å². The molecule has 0 unspecified atom stereocenters. The summed E-state index contributed by atoms with van der Waals surface area (Å²) in [5, 5.41) is 4.06. The van der Waals surface area contributed by atoms with Crippen LogP contribution in [-0.4, -0.2) is 22.9 Å². The number of nitrogens with one attached hydrogen (secondary N) is 1. The van der Waals surface area contributed by atoms with Crippen LogP contribution in [0.15, 0.2) is 5.10 Å². The standard InChI is InChI=1S/C9H15N3O2S/c1-5(11-12-9(10)15)3-7-4-6(2)14-8(7)13/h6-7H,3-4H2,1-2H3,(H3,10,12,15)/b11-5-/t6-,7+/m1/s1. The van der Waals surface area contributed by atoms with Crippen LogP contribution in [0.1, 0.15) is 26.7 Å². The molecule has 1 aliphatic rings. The fourth-order valence-electron chi connectivity index (χ4n) is 1.56. The molecule has 0 spiro atoms. The van der Waals surface area contributed by atoms with Crippen LogP contribution in [0.4, 0.5) is 0 Å². The van der Waals surface area contributed by atoms with Crippen molar-refractivity contribution in [1.29, 1.82) is 0 Å². The lowest BCUT2D eigenvalue weighted by Crippen LogP contribution is -2.25. The summed E-state index contributed by atoms with van der Waals surface area (Å²) in [5.74, 6) is -0.232. The van der Waals surface area contributed by atoms with E-state index in [4.69, 9.17) is 10.5 Å². The molecule has 84 valence electrons. The highest BCUT2D eigenvalue weighted by Crippen LogP contribution is 2.23. The second kappa shape index (κ2) is 5.06. The van der Waals surface area contributed by atoms with Gasteiger partial charge >= 0.3 is 5.97 Å². The molecule has 6 heteroatoms. The maximum Gasteiger partial charge on any atom is 0.309 e. The molecular weight excluding hydrogens is 214 g/mol. The number of nitrogens with zero attached hydrogens (tertiary/aromatic N) is 1. The Kier molecular flexibility index (Phi) is 4.02. The molecule has 5 nitrogen and oxygen atoms in total. The van der Waals surface area contributed by atoms with Gasteiger partial charge in [0.2, 0.25) is 0 Å². The number of carbonyl (C=O) groups excluding carboxylic acids is 1. The smallest absolute Gasteiger partial charge is 0.309 e. The van der Waals surface area contributed by atoms with Crippen molar-refractivity contribution in [3.63, 3.8) is 0 Å². The zero-order valence-corrected chi connectivity index (χ0v) is 9.63. The molecule has 1 aliphatic heterocycles. The van der Waals surface area contributed by atoms with Gasteiger partial charge in [-0.05, 0) is 32.5 Å². The minimum absolute atomic E-state index is 0.0128. The molecule has 1 heterocycles. The van der Waals surface area contributed by atoms with Crippen molar-refractivity contribution in [2.45, 2.75) is 32.8 Å². The zero-order chi connectivity index (χ0) is 11.4. The molecular formula is C9H15N3O2S. The third kappa shape index (κ3) is 3.83. The van der Waals surface area contributed by atoms with Crippen LogP contribution in [0.5, 0.6) is 0 Å². The van der Waals surface area contributed by atoms with Gasteiger partial charge in [-0.1, -0.05) is 0 Å². The van der Waals surface area contributed by atoms with Crippen molar-refractivity contribution in [2.75, 3.05) is 0 Å². The summed E-state index contributed by atoms with van der Waals surface area (Å²) in [6.45, 7) is 3.71. The van der Waals surface area contributed by atoms with E-state index in [1.54, 1.807) is 0 Å². The normalized spacial score (nSPS) is 26.3. The van der Waals surface area contributed by atoms with E-state index in [2.05, 4.69) is 22.7 Å². The van der Waals surface area contributed by atoms with E-state index in [9.17, 15) is 4.79 Å². The lowest BCUT2D eigenvalue weighted by atomic mass is 9.99. The average Bonchev–Trinajstić information content (AvgIpc) is 2.42. The monoisotopic (exact) mass is 229 g/mol. The summed E-state index contributed by atoms with van der Waals surface area (Å²) in [5.41, 5.74) is 8.50. The molecule has 0 aromatic rings. The molecule has 0 bridgehead atoms. The summed E-state index contributed by atoms with van der Waals surface area (Å²) in [6, 6.07) is 0. The van der Waals surface area contributed by atoms with E-state index in [1.807, 2.05) is 13.8 Å². The van der Waals surface area contributed by atoms with Crippen molar-refractivity contribution < 1.29 is 9.53 Å². The maximum absolute atomic E-state index is 11.3. The van der Waals surface area contributed by atoms with E-state index < -0.39 is 0 Å². The molecule has 1 fully saturated rings. The number of rotatable bonds is 3. The van der Waals surface area contributed by atoms with Crippen molar-refractivity contribution >= 4 is 29.0 Å². The van der Waals surface area contributed by atoms with Gasteiger partial charge in [-0.15, -0.1) is 0 Å². The van der Waals surface area contributed by atoms with Crippen LogP contribution in [0.2, 0.25) is 0 Å². The second-order valence-electron chi connectivity index (χ2n) is 3.71. The Hall–Kier alpha value is -1.17. The number of hydrogen-bond acceptors (Lipinski definition) is 4. The molecule has 0 aromatic heterocycles. The molecule has 15 heavy (non-hydrogen) atoms. The van der Waals surface area contributed by atoms with Gasteiger partial charge in [0.1, 0.15) is 0 Å². The highest BCUT2D eigenvalue weighted by Gasteiger charge is 2.31. The van der Waals surface area contributed by atoms with Crippen LogP contribution in [0.3, 0.4) is 0 Å². The first kappa shape index (κ1) is 11.9. The molecule has 1 rings (SSSR count). The minimum atomic E-state index is -0.146. The van der Waals surface area contributed by atoms with E-state index >= 15 is 0 Å². The quantitative estimate of drug-likeness (QED) is 0.320. The van der Waals surface area contributed by atoms with Gasteiger partial charge in [-0.3, -0.25) is 10.2 Å². The highest BCUT2D eigenvalue weighted by molar-refractivity contribution is 7.80. The van der Waals surface area contributed by atoms with Crippen LogP contribution in [-0.2, 0) is 9.53 Å². The number of hydrogen-bond donors (Lipinski definition) is 2. The van der Waals surface area contributed by atoms with Gasteiger partial charge in [0.25, 0.3) is 0 Å². The van der Waals surface area contributed by atoms with Crippen molar-refractivity contribution in [3.8, 4) is 0 Å². The first-order valence-corrected chi connectivity index (χ1v) is 5.19. The number of nitrogens with two attached hydrogens (primary N) is 1. The molecule has 0 aromatic carbocycles. The third-order valence-corrected chi connectivity index (χ3v) is 2.26. The van der Waals surface area contributed by atoms with Crippen molar-refractivity contribution in [2.24, 2.45) is 16.8 Å². The predicted molar refractivity (Wildman–Crippen MR) is 61.3 cm³/mol. The molecule has 0 saturated carbocycles. The second-order valence-corrected chi connectivity index (χ2v) is 4.15. The summed E-state index contributed by atoms with van der Waals surface area (Å²) < 4.78 is 5.04. The SMILES string of the molecule is C/C(C[C@H]1C[C@@H](C)OC1=O)=N/NC(N)=S. The Morgan fingerprint density at radius 1 is 1.80 bits per heavy atom. The Balaban J connectivity index is 2.44. The molecule has 3 N–H and O–H groups in total. The summed E-state index contributed by atoms with van der Waals surface area (Å²) in [6.07, 6.45) is 1.34. The lowest BCUT2D eigenvalue weighted by molar-refractivity contribution is -0.143. The molecule has 0 aliphatic carbocycles. The van der Waals surface area contributed by atoms with Crippen LogP contribution in [0, 0.1) is 5.92 Å². The van der Waals surface area contributed by atoms with Gasteiger partial charge in [0, 0.05) is 12.1 Å².